The Morgan fingerprint density at radius 3 is 2.17 bits per heavy atom. The van der Waals surface area contributed by atoms with Gasteiger partial charge in [0.1, 0.15) is 17.8 Å². The molecular formula is C27H30N6O9. The predicted molar refractivity (Wildman–Crippen MR) is 153 cm³/mol. The van der Waals surface area contributed by atoms with Crippen LogP contribution in [0.2, 0.25) is 0 Å². The van der Waals surface area contributed by atoms with Gasteiger partial charge in [-0.1, -0.05) is 0 Å². The maximum absolute atomic E-state index is 13.8. The molecule has 0 saturated carbocycles. The van der Waals surface area contributed by atoms with Crippen LogP contribution in [0.25, 0.3) is 33.2 Å². The lowest BCUT2D eigenvalue weighted by Crippen LogP contribution is -2.31. The Bertz CT molecular complexity index is 1750. The molecule has 0 fully saturated rings. The van der Waals surface area contributed by atoms with Crippen molar-refractivity contribution in [2.75, 3.05) is 6.54 Å². The van der Waals surface area contributed by atoms with Crippen molar-refractivity contribution in [1.82, 2.24) is 14.1 Å². The van der Waals surface area contributed by atoms with Crippen LogP contribution in [0.3, 0.4) is 0 Å². The summed E-state index contributed by atoms with van der Waals surface area (Å²) < 4.78 is 8.26. The summed E-state index contributed by atoms with van der Waals surface area (Å²) in [5.74, 6) is -1.54. The minimum atomic E-state index is -0.833. The summed E-state index contributed by atoms with van der Waals surface area (Å²) in [6.45, 7) is 6.47. The SMILES string of the molecule is CC(=O)O.CC(C)(C)OC(=O)Cn1c(=O)c(-c2cn(CCCN)c3cc([N+](=O)[O-])ccc23)nc2ccc([N+](=O)[O-])cc21. The molecule has 0 aliphatic rings. The van der Waals surface area contributed by atoms with E-state index in [2.05, 4.69) is 4.98 Å². The van der Waals surface area contributed by atoms with Gasteiger partial charge in [0.25, 0.3) is 22.9 Å². The third kappa shape index (κ3) is 7.31. The summed E-state index contributed by atoms with van der Waals surface area (Å²) in [4.78, 5) is 61.7. The lowest BCUT2D eigenvalue weighted by atomic mass is 10.1. The summed E-state index contributed by atoms with van der Waals surface area (Å²) in [5, 5.41) is 30.7. The first-order chi connectivity index (χ1) is 19.6. The number of fused-ring (bicyclic) bond motifs is 2. The van der Waals surface area contributed by atoms with E-state index in [-0.39, 0.29) is 28.1 Å². The number of aryl methyl sites for hydroxylation is 1. The fraction of sp³-hybridized carbons (Fsp3) is 0.333. The van der Waals surface area contributed by atoms with Gasteiger partial charge < -0.3 is 20.1 Å². The topological polar surface area (TPSA) is 216 Å². The Hall–Kier alpha value is -5.18. The molecule has 0 radical (unpaired) electrons. The zero-order valence-electron chi connectivity index (χ0n) is 23.4. The molecule has 0 aliphatic heterocycles. The first kappa shape index (κ1) is 31.3. The maximum atomic E-state index is 13.8. The van der Waals surface area contributed by atoms with Crippen LogP contribution in [0.1, 0.15) is 34.1 Å². The molecule has 15 nitrogen and oxygen atoms in total. The number of aromatic nitrogens is 3. The number of carbonyl (C=O) groups is 2. The minimum absolute atomic E-state index is 0.0136. The second-order valence-electron chi connectivity index (χ2n) is 10.2. The van der Waals surface area contributed by atoms with E-state index in [1.54, 1.807) is 37.6 Å². The van der Waals surface area contributed by atoms with Crippen molar-refractivity contribution in [3.05, 3.63) is 73.2 Å². The second kappa shape index (κ2) is 12.6. The molecule has 15 heteroatoms. The summed E-state index contributed by atoms with van der Waals surface area (Å²) in [7, 11) is 0. The van der Waals surface area contributed by atoms with Gasteiger partial charge in [-0.25, -0.2) is 4.98 Å². The summed E-state index contributed by atoms with van der Waals surface area (Å²) in [6.07, 6.45) is 2.26. The number of ether oxygens (including phenoxy) is 1. The number of hydrogen-bond acceptors (Lipinski definition) is 10. The third-order valence-electron chi connectivity index (χ3n) is 5.78. The molecule has 222 valence electrons. The van der Waals surface area contributed by atoms with E-state index in [1.807, 2.05) is 0 Å². The molecule has 42 heavy (non-hydrogen) atoms. The number of nitrogens with two attached hydrogens (primary N) is 1. The predicted octanol–water partition coefficient (Wildman–Crippen LogP) is 3.62. The Balaban J connectivity index is 0.00000114. The summed E-state index contributed by atoms with van der Waals surface area (Å²) in [5.41, 5.74) is 5.05. The van der Waals surface area contributed by atoms with Crippen molar-refractivity contribution < 1.29 is 29.3 Å². The fourth-order valence-corrected chi connectivity index (χ4v) is 4.21. The number of aliphatic carboxylic acids is 1. The molecule has 0 unspecified atom stereocenters. The Morgan fingerprint density at radius 2 is 1.62 bits per heavy atom. The van der Waals surface area contributed by atoms with E-state index in [0.29, 0.717) is 36.0 Å². The van der Waals surface area contributed by atoms with E-state index >= 15 is 0 Å². The number of carbonyl (C=O) groups excluding carboxylic acids is 1. The zero-order valence-corrected chi connectivity index (χ0v) is 23.4. The van der Waals surface area contributed by atoms with Crippen LogP contribution in [0.15, 0.2) is 47.4 Å². The highest BCUT2D eigenvalue weighted by Crippen LogP contribution is 2.32. The molecule has 0 spiro atoms. The molecule has 0 saturated heterocycles. The van der Waals surface area contributed by atoms with E-state index in [9.17, 15) is 29.8 Å². The van der Waals surface area contributed by atoms with Crippen molar-refractivity contribution in [3.63, 3.8) is 0 Å². The minimum Gasteiger partial charge on any atom is -0.481 e. The average Bonchev–Trinajstić information content (AvgIpc) is 3.24. The van der Waals surface area contributed by atoms with Gasteiger partial charge in [-0.3, -0.25) is 39.2 Å². The van der Waals surface area contributed by atoms with Gasteiger partial charge in [0.05, 0.1) is 26.4 Å². The highest BCUT2D eigenvalue weighted by atomic mass is 16.6. The lowest BCUT2D eigenvalue weighted by Gasteiger charge is -2.20. The number of carboxylic acid groups (broad SMARTS) is 1. The van der Waals surface area contributed by atoms with Gasteiger partial charge in [0.2, 0.25) is 0 Å². The molecule has 2 heterocycles. The van der Waals surface area contributed by atoms with Crippen LogP contribution in [-0.4, -0.2) is 53.2 Å². The first-order valence-corrected chi connectivity index (χ1v) is 12.7. The van der Waals surface area contributed by atoms with E-state index in [1.165, 1.54) is 30.3 Å². The second-order valence-corrected chi connectivity index (χ2v) is 10.2. The fourth-order valence-electron chi connectivity index (χ4n) is 4.21. The normalized spacial score (nSPS) is 11.2. The van der Waals surface area contributed by atoms with E-state index in [4.69, 9.17) is 20.4 Å². The van der Waals surface area contributed by atoms with Gasteiger partial charge in [-0.2, -0.15) is 0 Å². The van der Waals surface area contributed by atoms with Gasteiger partial charge in [-0.15, -0.1) is 0 Å². The Morgan fingerprint density at radius 1 is 1.05 bits per heavy atom. The van der Waals surface area contributed by atoms with Crippen molar-refractivity contribution in [3.8, 4) is 11.3 Å². The highest BCUT2D eigenvalue weighted by molar-refractivity contribution is 5.97. The number of non-ortho nitro benzene ring substituents is 2. The molecule has 0 bridgehead atoms. The van der Waals surface area contributed by atoms with E-state index in [0.717, 1.165) is 11.5 Å². The molecule has 2 aromatic carbocycles. The quantitative estimate of drug-likeness (QED) is 0.174. The monoisotopic (exact) mass is 582 g/mol. The Kier molecular flexibility index (Phi) is 9.37. The summed E-state index contributed by atoms with van der Waals surface area (Å²) >= 11 is 0. The molecule has 0 amide bonds. The van der Waals surface area contributed by atoms with Gasteiger partial charge in [0.15, 0.2) is 0 Å². The number of rotatable bonds is 8. The van der Waals surface area contributed by atoms with Crippen LogP contribution >= 0.6 is 0 Å². The molecule has 2 aromatic heterocycles. The van der Waals surface area contributed by atoms with Crippen molar-refractivity contribution in [2.24, 2.45) is 5.73 Å². The Labute approximate surface area is 238 Å². The van der Waals surface area contributed by atoms with Crippen LogP contribution < -0.4 is 11.3 Å². The van der Waals surface area contributed by atoms with E-state index < -0.39 is 39.5 Å². The number of nitro benzene ring substituents is 2. The average molecular weight is 583 g/mol. The zero-order chi connectivity index (χ0) is 31.4. The largest absolute Gasteiger partial charge is 0.481 e. The number of nitro groups is 2. The molecule has 3 N–H and O–H groups in total. The van der Waals surface area contributed by atoms with Crippen molar-refractivity contribution in [2.45, 2.75) is 52.8 Å². The standard InChI is InChI=1S/C25H26N6O7.C2H4O2/c1-25(2,3)38-22(32)14-29-21-12-16(31(36)37)6-8-19(21)27-23(24(29)33)18-13-28(10-4-9-26)20-11-15(30(34)35)5-7-17(18)20;1-2(3)4/h5-8,11-13H,4,9-10,14,26H2,1-3H3;1H3,(H,3,4). The van der Waals surface area contributed by atoms with Crippen LogP contribution in [0.5, 0.6) is 0 Å². The number of esters is 1. The molecule has 0 atom stereocenters. The summed E-state index contributed by atoms with van der Waals surface area (Å²) in [6, 6.07) is 8.14. The molecular weight excluding hydrogens is 552 g/mol. The maximum Gasteiger partial charge on any atom is 0.326 e. The van der Waals surface area contributed by atoms with Crippen LogP contribution in [-0.2, 0) is 27.4 Å². The van der Waals surface area contributed by atoms with Gasteiger partial charge >= 0.3 is 5.97 Å². The molecule has 0 aliphatic carbocycles. The smallest absolute Gasteiger partial charge is 0.326 e. The highest BCUT2D eigenvalue weighted by Gasteiger charge is 2.24. The number of nitrogens with zero attached hydrogens (tertiary/aromatic N) is 5. The number of hydrogen-bond donors (Lipinski definition) is 2. The number of benzene rings is 2. The van der Waals surface area contributed by atoms with Crippen LogP contribution in [0.4, 0.5) is 11.4 Å². The van der Waals surface area contributed by atoms with Crippen LogP contribution in [0, 0.1) is 20.2 Å². The number of carboxylic acids is 1. The van der Waals surface area contributed by atoms with Gasteiger partial charge in [-0.05, 0) is 45.9 Å². The molecule has 4 aromatic rings. The molecule has 4 rings (SSSR count). The van der Waals surface area contributed by atoms with Crippen molar-refractivity contribution >= 4 is 45.2 Å². The van der Waals surface area contributed by atoms with Gasteiger partial charge in [0, 0.05) is 54.9 Å². The van der Waals surface area contributed by atoms with Crippen molar-refractivity contribution in [1.29, 1.82) is 0 Å². The lowest BCUT2D eigenvalue weighted by molar-refractivity contribution is -0.384. The first-order valence-electron chi connectivity index (χ1n) is 12.7. The third-order valence-corrected chi connectivity index (χ3v) is 5.78.